The lowest BCUT2D eigenvalue weighted by Crippen LogP contribution is -2.49. The number of aromatic nitrogens is 2. The number of anilines is 1. The number of rotatable bonds is 6. The Morgan fingerprint density at radius 1 is 1.16 bits per heavy atom. The topological polar surface area (TPSA) is 98.4 Å². The molecule has 4 rings (SSSR count). The number of carbonyl (C=O) groups excluding carboxylic acids is 1. The molecule has 1 fully saturated rings. The van der Waals surface area contributed by atoms with Crippen molar-refractivity contribution in [2.75, 3.05) is 38.0 Å². The van der Waals surface area contributed by atoms with Crippen LogP contribution in [0.5, 0.6) is 0 Å². The molecule has 164 valence electrons. The van der Waals surface area contributed by atoms with E-state index in [2.05, 4.69) is 20.2 Å². The van der Waals surface area contributed by atoms with E-state index in [1.807, 2.05) is 0 Å². The minimum atomic E-state index is -3.62. The summed E-state index contributed by atoms with van der Waals surface area (Å²) in [7, 11) is -3.62. The van der Waals surface area contributed by atoms with Crippen LogP contribution in [0.1, 0.15) is 6.42 Å². The molecular formula is C20H21Cl2N5O3S. The van der Waals surface area contributed by atoms with Crippen molar-refractivity contribution >= 4 is 55.9 Å². The van der Waals surface area contributed by atoms with Crippen LogP contribution in [0.2, 0.25) is 10.0 Å². The fraction of sp³-hybridized carbons (Fsp3) is 0.300. The molecule has 0 spiro atoms. The van der Waals surface area contributed by atoms with Crippen molar-refractivity contribution < 1.29 is 13.2 Å². The maximum absolute atomic E-state index is 13.1. The van der Waals surface area contributed by atoms with E-state index in [9.17, 15) is 13.2 Å². The third-order valence-electron chi connectivity index (χ3n) is 5.22. The Bertz CT molecular complexity index is 1210. The lowest BCUT2D eigenvalue weighted by atomic mass is 10.3. The predicted molar refractivity (Wildman–Crippen MR) is 121 cm³/mol. The van der Waals surface area contributed by atoms with Crippen LogP contribution in [-0.2, 0) is 14.8 Å². The van der Waals surface area contributed by atoms with Gasteiger partial charge in [-0.05, 0) is 30.3 Å². The van der Waals surface area contributed by atoms with Crippen molar-refractivity contribution in [1.82, 2.24) is 19.2 Å². The van der Waals surface area contributed by atoms with Gasteiger partial charge in [0.05, 0.1) is 10.7 Å². The molecule has 0 bridgehead atoms. The standard InChI is InChI=1S/C20H21Cl2N5O3S/c21-14-3-4-16(22)17(12-14)25-19(28)5-7-26-8-10-27(11-9-26)31(29,30)18-13-24-20-15(18)2-1-6-23-20/h1-4,6,12-13H,5,7-11H2,(H,23,24)(H,25,28). The summed E-state index contributed by atoms with van der Waals surface area (Å²) in [6, 6.07) is 8.34. The summed E-state index contributed by atoms with van der Waals surface area (Å²) in [6.07, 6.45) is 3.37. The van der Waals surface area contributed by atoms with Gasteiger partial charge in [-0.3, -0.25) is 4.79 Å². The van der Waals surface area contributed by atoms with Crippen molar-refractivity contribution in [2.45, 2.75) is 11.3 Å². The zero-order valence-electron chi connectivity index (χ0n) is 16.5. The van der Waals surface area contributed by atoms with Gasteiger partial charge in [0.1, 0.15) is 10.5 Å². The molecule has 0 radical (unpaired) electrons. The van der Waals surface area contributed by atoms with Gasteiger partial charge >= 0.3 is 0 Å². The van der Waals surface area contributed by atoms with Crippen molar-refractivity contribution in [3.63, 3.8) is 0 Å². The van der Waals surface area contributed by atoms with Crippen molar-refractivity contribution in [3.8, 4) is 0 Å². The molecule has 31 heavy (non-hydrogen) atoms. The van der Waals surface area contributed by atoms with Gasteiger partial charge in [-0.1, -0.05) is 23.2 Å². The van der Waals surface area contributed by atoms with Crippen LogP contribution >= 0.6 is 23.2 Å². The zero-order valence-corrected chi connectivity index (χ0v) is 18.8. The second kappa shape index (κ2) is 9.13. The number of carbonyl (C=O) groups is 1. The van der Waals surface area contributed by atoms with E-state index in [4.69, 9.17) is 23.2 Å². The number of pyridine rings is 1. The number of benzene rings is 1. The molecule has 8 nitrogen and oxygen atoms in total. The number of hydrogen-bond donors (Lipinski definition) is 2. The molecule has 1 saturated heterocycles. The van der Waals surface area contributed by atoms with Gasteiger partial charge in [0.25, 0.3) is 0 Å². The second-order valence-electron chi connectivity index (χ2n) is 7.22. The Labute approximate surface area is 190 Å². The normalized spacial score (nSPS) is 15.9. The van der Waals surface area contributed by atoms with Gasteiger partial charge in [-0.25, -0.2) is 13.4 Å². The van der Waals surface area contributed by atoms with Gasteiger partial charge in [-0.15, -0.1) is 0 Å². The van der Waals surface area contributed by atoms with Crippen LogP contribution in [0.4, 0.5) is 5.69 Å². The van der Waals surface area contributed by atoms with E-state index in [1.165, 1.54) is 10.5 Å². The lowest BCUT2D eigenvalue weighted by Gasteiger charge is -2.33. The zero-order chi connectivity index (χ0) is 22.0. The fourth-order valence-corrected chi connectivity index (χ4v) is 5.45. The first kappa shape index (κ1) is 22.0. The number of fused-ring (bicyclic) bond motifs is 1. The highest BCUT2D eigenvalue weighted by molar-refractivity contribution is 7.89. The largest absolute Gasteiger partial charge is 0.345 e. The number of H-pyrrole nitrogens is 1. The quantitative estimate of drug-likeness (QED) is 0.563. The molecule has 0 atom stereocenters. The van der Waals surface area contributed by atoms with Crippen LogP contribution in [-0.4, -0.2) is 66.2 Å². The Morgan fingerprint density at radius 2 is 1.94 bits per heavy atom. The molecule has 3 aromatic rings. The number of nitrogens with one attached hydrogen (secondary N) is 2. The lowest BCUT2D eigenvalue weighted by molar-refractivity contribution is -0.116. The van der Waals surface area contributed by atoms with Crippen LogP contribution < -0.4 is 5.32 Å². The first-order chi connectivity index (χ1) is 14.8. The summed E-state index contributed by atoms with van der Waals surface area (Å²) in [4.78, 5) is 21.6. The second-order valence-corrected chi connectivity index (χ2v) is 9.97. The number of aromatic amines is 1. The minimum absolute atomic E-state index is 0.175. The molecule has 0 aliphatic carbocycles. The Kier molecular flexibility index (Phi) is 6.49. The Morgan fingerprint density at radius 3 is 2.71 bits per heavy atom. The van der Waals surface area contributed by atoms with Gasteiger partial charge in [0, 0.05) is 61.9 Å². The third kappa shape index (κ3) is 4.86. The predicted octanol–water partition coefficient (Wildman–Crippen LogP) is 3.20. The maximum Gasteiger partial charge on any atom is 0.245 e. The first-order valence-electron chi connectivity index (χ1n) is 9.74. The summed E-state index contributed by atoms with van der Waals surface area (Å²) in [6.45, 7) is 2.33. The highest BCUT2D eigenvalue weighted by atomic mass is 35.5. The average molecular weight is 482 g/mol. The maximum atomic E-state index is 13.1. The van der Waals surface area contributed by atoms with E-state index in [1.54, 1.807) is 36.5 Å². The summed E-state index contributed by atoms with van der Waals surface area (Å²) in [5, 5.41) is 4.26. The van der Waals surface area contributed by atoms with Gasteiger partial charge in [-0.2, -0.15) is 4.31 Å². The molecule has 1 aromatic carbocycles. The first-order valence-corrected chi connectivity index (χ1v) is 11.9. The molecule has 3 heterocycles. The molecule has 2 aromatic heterocycles. The van der Waals surface area contributed by atoms with Crippen LogP contribution in [0.3, 0.4) is 0 Å². The Balaban J connectivity index is 1.31. The van der Waals surface area contributed by atoms with E-state index in [-0.39, 0.29) is 17.2 Å². The van der Waals surface area contributed by atoms with E-state index >= 15 is 0 Å². The molecule has 1 aliphatic rings. The van der Waals surface area contributed by atoms with Crippen LogP contribution in [0.25, 0.3) is 11.0 Å². The number of amides is 1. The van der Waals surface area contributed by atoms with E-state index in [0.717, 1.165) is 0 Å². The highest BCUT2D eigenvalue weighted by Gasteiger charge is 2.30. The van der Waals surface area contributed by atoms with Gasteiger partial charge in [0.15, 0.2) is 0 Å². The van der Waals surface area contributed by atoms with Crippen LogP contribution in [0.15, 0.2) is 47.6 Å². The number of piperazine rings is 1. The average Bonchev–Trinajstić information content (AvgIpc) is 3.20. The highest BCUT2D eigenvalue weighted by Crippen LogP contribution is 2.26. The minimum Gasteiger partial charge on any atom is -0.345 e. The Hall–Kier alpha value is -2.17. The third-order valence-corrected chi connectivity index (χ3v) is 7.72. The molecule has 1 amide bonds. The number of sulfonamides is 1. The molecular weight excluding hydrogens is 461 g/mol. The van der Waals surface area contributed by atoms with Gasteiger partial charge in [0.2, 0.25) is 15.9 Å². The van der Waals surface area contributed by atoms with Crippen molar-refractivity contribution in [3.05, 3.63) is 52.8 Å². The SMILES string of the molecule is O=C(CCN1CCN(S(=O)(=O)c2c[nH]c3ncccc23)CC1)Nc1cc(Cl)ccc1Cl. The number of nitrogens with zero attached hydrogens (tertiary/aromatic N) is 3. The van der Waals surface area contributed by atoms with E-state index < -0.39 is 10.0 Å². The molecule has 0 saturated carbocycles. The summed E-state index contributed by atoms with van der Waals surface area (Å²) < 4.78 is 27.6. The summed E-state index contributed by atoms with van der Waals surface area (Å²) in [5.41, 5.74) is 1.02. The molecule has 0 unspecified atom stereocenters. The molecule has 1 aliphatic heterocycles. The monoisotopic (exact) mass is 481 g/mol. The number of hydrogen-bond acceptors (Lipinski definition) is 5. The molecule has 2 N–H and O–H groups in total. The number of halogens is 2. The molecule has 11 heteroatoms. The summed E-state index contributed by atoms with van der Waals surface area (Å²) in [5.74, 6) is -0.175. The van der Waals surface area contributed by atoms with Crippen LogP contribution in [0, 0.1) is 0 Å². The fourth-order valence-electron chi connectivity index (χ4n) is 3.54. The van der Waals surface area contributed by atoms with Gasteiger partial charge < -0.3 is 15.2 Å². The summed E-state index contributed by atoms with van der Waals surface area (Å²) >= 11 is 12.0. The van der Waals surface area contributed by atoms with Crippen molar-refractivity contribution in [1.29, 1.82) is 0 Å². The van der Waals surface area contributed by atoms with E-state index in [0.29, 0.717) is 59.5 Å². The van der Waals surface area contributed by atoms with Crippen molar-refractivity contribution in [2.24, 2.45) is 0 Å². The smallest absolute Gasteiger partial charge is 0.245 e.